The van der Waals surface area contributed by atoms with Crippen molar-refractivity contribution in [3.8, 4) is 0 Å². The lowest BCUT2D eigenvalue weighted by Gasteiger charge is -2.28. The van der Waals surface area contributed by atoms with E-state index in [1.807, 2.05) is 0 Å². The standard InChI is InChI=1S/C11H22N2O2/c1-2-7-13-9-3-5-10(6-4-9)15-8-11(12)14/h9-10,13H,2-8H2,1H3,(H2,12,14). The average molecular weight is 214 g/mol. The number of carbonyl (C=O) groups is 1. The Morgan fingerprint density at radius 3 is 2.60 bits per heavy atom. The molecule has 15 heavy (non-hydrogen) atoms. The van der Waals surface area contributed by atoms with Gasteiger partial charge in [-0.3, -0.25) is 4.79 Å². The summed E-state index contributed by atoms with van der Waals surface area (Å²) < 4.78 is 5.39. The highest BCUT2D eigenvalue weighted by atomic mass is 16.5. The molecule has 0 atom stereocenters. The highest BCUT2D eigenvalue weighted by Crippen LogP contribution is 2.20. The van der Waals surface area contributed by atoms with Crippen LogP contribution < -0.4 is 11.1 Å². The zero-order chi connectivity index (χ0) is 11.1. The van der Waals surface area contributed by atoms with Crippen molar-refractivity contribution in [2.45, 2.75) is 51.2 Å². The number of primary amides is 1. The van der Waals surface area contributed by atoms with E-state index in [0.29, 0.717) is 6.04 Å². The molecule has 1 fully saturated rings. The van der Waals surface area contributed by atoms with Crippen LogP contribution in [0.3, 0.4) is 0 Å². The van der Waals surface area contributed by atoms with Crippen LogP contribution in [-0.4, -0.2) is 31.2 Å². The summed E-state index contributed by atoms with van der Waals surface area (Å²) in [5, 5.41) is 3.51. The third-order valence-corrected chi connectivity index (χ3v) is 2.82. The van der Waals surface area contributed by atoms with Crippen molar-refractivity contribution in [2.24, 2.45) is 5.73 Å². The molecule has 1 aliphatic rings. The Bertz CT molecular complexity index is 189. The van der Waals surface area contributed by atoms with Crippen LogP contribution in [-0.2, 0) is 9.53 Å². The van der Waals surface area contributed by atoms with Gasteiger partial charge in [0.15, 0.2) is 0 Å². The predicted octanol–water partition coefficient (Wildman–Crippen LogP) is 0.799. The highest BCUT2D eigenvalue weighted by molar-refractivity contribution is 5.74. The smallest absolute Gasteiger partial charge is 0.243 e. The van der Waals surface area contributed by atoms with E-state index in [-0.39, 0.29) is 18.6 Å². The van der Waals surface area contributed by atoms with Crippen LogP contribution in [0.2, 0.25) is 0 Å². The van der Waals surface area contributed by atoms with Crippen molar-refractivity contribution in [3.05, 3.63) is 0 Å². The second-order valence-electron chi connectivity index (χ2n) is 4.21. The molecule has 1 saturated carbocycles. The van der Waals surface area contributed by atoms with E-state index in [2.05, 4.69) is 12.2 Å². The number of ether oxygens (including phenoxy) is 1. The van der Waals surface area contributed by atoms with Crippen LogP contribution >= 0.6 is 0 Å². The third-order valence-electron chi connectivity index (χ3n) is 2.82. The first-order valence-corrected chi connectivity index (χ1v) is 5.85. The van der Waals surface area contributed by atoms with E-state index in [4.69, 9.17) is 10.5 Å². The van der Waals surface area contributed by atoms with E-state index in [1.165, 1.54) is 6.42 Å². The quantitative estimate of drug-likeness (QED) is 0.687. The van der Waals surface area contributed by atoms with Gasteiger partial charge in [0.1, 0.15) is 6.61 Å². The minimum Gasteiger partial charge on any atom is -0.368 e. The summed E-state index contributed by atoms with van der Waals surface area (Å²) in [5.74, 6) is -0.374. The SMILES string of the molecule is CCCNC1CCC(OCC(N)=O)CC1. The zero-order valence-electron chi connectivity index (χ0n) is 9.50. The molecule has 0 radical (unpaired) electrons. The molecule has 0 unspecified atom stereocenters. The van der Waals surface area contributed by atoms with Crippen molar-refractivity contribution in [2.75, 3.05) is 13.2 Å². The van der Waals surface area contributed by atoms with E-state index in [0.717, 1.165) is 32.2 Å². The molecule has 0 spiro atoms. The van der Waals surface area contributed by atoms with Crippen molar-refractivity contribution in [1.82, 2.24) is 5.32 Å². The van der Waals surface area contributed by atoms with Gasteiger partial charge in [-0.25, -0.2) is 0 Å². The van der Waals surface area contributed by atoms with Gasteiger partial charge in [0.25, 0.3) is 0 Å². The Hall–Kier alpha value is -0.610. The summed E-state index contributed by atoms with van der Waals surface area (Å²) in [7, 11) is 0. The van der Waals surface area contributed by atoms with Gasteiger partial charge >= 0.3 is 0 Å². The van der Waals surface area contributed by atoms with E-state index in [1.54, 1.807) is 0 Å². The minimum atomic E-state index is -0.374. The number of rotatable bonds is 6. The molecule has 3 N–H and O–H groups in total. The molecule has 1 rings (SSSR count). The third kappa shape index (κ3) is 5.14. The molecule has 0 aromatic carbocycles. The number of nitrogens with two attached hydrogens (primary N) is 1. The Balaban J connectivity index is 2.09. The van der Waals surface area contributed by atoms with Crippen LogP contribution in [0.15, 0.2) is 0 Å². The van der Waals surface area contributed by atoms with Crippen LogP contribution in [0, 0.1) is 0 Å². The first-order chi connectivity index (χ1) is 7.22. The van der Waals surface area contributed by atoms with Gasteiger partial charge in [0.2, 0.25) is 5.91 Å². The molecule has 0 heterocycles. The molecule has 4 nitrogen and oxygen atoms in total. The van der Waals surface area contributed by atoms with Gasteiger partial charge in [-0.1, -0.05) is 6.92 Å². The van der Waals surface area contributed by atoms with Gasteiger partial charge in [-0.15, -0.1) is 0 Å². The lowest BCUT2D eigenvalue weighted by atomic mass is 9.93. The lowest BCUT2D eigenvalue weighted by Crippen LogP contribution is -2.36. The monoisotopic (exact) mass is 214 g/mol. The summed E-state index contributed by atoms with van der Waals surface area (Å²) in [4.78, 5) is 10.5. The Morgan fingerprint density at radius 2 is 2.07 bits per heavy atom. The topological polar surface area (TPSA) is 64.3 Å². The molecule has 0 bridgehead atoms. The van der Waals surface area contributed by atoms with Gasteiger partial charge in [-0.05, 0) is 38.6 Å². The fourth-order valence-corrected chi connectivity index (χ4v) is 1.98. The largest absolute Gasteiger partial charge is 0.368 e. The fraction of sp³-hybridized carbons (Fsp3) is 0.909. The van der Waals surface area contributed by atoms with E-state index < -0.39 is 0 Å². The van der Waals surface area contributed by atoms with Crippen molar-refractivity contribution in [1.29, 1.82) is 0 Å². The predicted molar refractivity (Wildman–Crippen MR) is 59.5 cm³/mol. The molecule has 0 aromatic rings. The normalized spacial score (nSPS) is 26.5. The fourth-order valence-electron chi connectivity index (χ4n) is 1.98. The number of hydrogen-bond donors (Lipinski definition) is 2. The zero-order valence-corrected chi connectivity index (χ0v) is 9.50. The molecule has 4 heteroatoms. The summed E-state index contributed by atoms with van der Waals surface area (Å²) in [5.41, 5.74) is 5.03. The Kier molecular flexibility index (Phi) is 5.65. The van der Waals surface area contributed by atoms with Crippen LogP contribution in [0.25, 0.3) is 0 Å². The average Bonchev–Trinajstić information content (AvgIpc) is 2.25. The van der Waals surface area contributed by atoms with Crippen LogP contribution in [0.5, 0.6) is 0 Å². The number of amides is 1. The highest BCUT2D eigenvalue weighted by Gasteiger charge is 2.21. The van der Waals surface area contributed by atoms with E-state index in [9.17, 15) is 4.79 Å². The summed E-state index contributed by atoms with van der Waals surface area (Å²) in [6, 6.07) is 0.637. The Morgan fingerprint density at radius 1 is 1.40 bits per heavy atom. The van der Waals surface area contributed by atoms with E-state index >= 15 is 0 Å². The second kappa shape index (κ2) is 6.80. The Labute approximate surface area is 91.5 Å². The lowest BCUT2D eigenvalue weighted by molar-refractivity contribution is -0.125. The summed E-state index contributed by atoms with van der Waals surface area (Å²) in [6.07, 6.45) is 5.77. The van der Waals surface area contributed by atoms with Gasteiger partial charge < -0.3 is 15.8 Å². The van der Waals surface area contributed by atoms with Crippen LogP contribution in [0.4, 0.5) is 0 Å². The maximum atomic E-state index is 10.5. The first kappa shape index (κ1) is 12.5. The first-order valence-electron chi connectivity index (χ1n) is 5.85. The summed E-state index contributed by atoms with van der Waals surface area (Å²) in [6.45, 7) is 3.34. The molecule has 1 amide bonds. The maximum Gasteiger partial charge on any atom is 0.243 e. The molecule has 0 aromatic heterocycles. The molecular weight excluding hydrogens is 192 g/mol. The molecule has 1 aliphatic carbocycles. The maximum absolute atomic E-state index is 10.5. The van der Waals surface area contributed by atoms with Gasteiger partial charge in [0.05, 0.1) is 6.10 Å². The second-order valence-corrected chi connectivity index (χ2v) is 4.21. The number of nitrogens with one attached hydrogen (secondary N) is 1. The van der Waals surface area contributed by atoms with Crippen molar-refractivity contribution < 1.29 is 9.53 Å². The van der Waals surface area contributed by atoms with Gasteiger partial charge in [0, 0.05) is 6.04 Å². The van der Waals surface area contributed by atoms with Gasteiger partial charge in [-0.2, -0.15) is 0 Å². The minimum absolute atomic E-state index is 0.0672. The number of carbonyl (C=O) groups excluding carboxylic acids is 1. The van der Waals surface area contributed by atoms with Crippen molar-refractivity contribution in [3.63, 3.8) is 0 Å². The summed E-state index contributed by atoms with van der Waals surface area (Å²) >= 11 is 0. The molecular formula is C11H22N2O2. The van der Waals surface area contributed by atoms with Crippen LogP contribution in [0.1, 0.15) is 39.0 Å². The van der Waals surface area contributed by atoms with Crippen molar-refractivity contribution >= 4 is 5.91 Å². The number of hydrogen-bond acceptors (Lipinski definition) is 3. The molecule has 88 valence electrons. The molecule has 0 aliphatic heterocycles. The molecule has 0 saturated heterocycles.